The summed E-state index contributed by atoms with van der Waals surface area (Å²) in [6.45, 7) is 5.60. The van der Waals surface area contributed by atoms with E-state index in [1.807, 2.05) is 19.1 Å². The van der Waals surface area contributed by atoms with E-state index in [1.54, 1.807) is 18.2 Å². The minimum atomic E-state index is -0.282. The normalized spacial score (nSPS) is 10.8. The van der Waals surface area contributed by atoms with Gasteiger partial charge in [-0.3, -0.25) is 0 Å². The topological polar surface area (TPSA) is 47.6 Å². The molecular weight excluding hydrogens is 267 g/mol. The van der Waals surface area contributed by atoms with Gasteiger partial charge in [-0.25, -0.2) is 4.39 Å². The Hall–Kier alpha value is -2.62. The highest BCUT2D eigenvalue weighted by Gasteiger charge is 2.12. The quantitative estimate of drug-likeness (QED) is 0.524. The molecule has 0 aliphatic carbocycles. The van der Waals surface area contributed by atoms with Gasteiger partial charge < -0.3 is 10.6 Å². The zero-order valence-corrected chi connectivity index (χ0v) is 12.1. The smallest absolute Gasteiger partial charge is 0.131 e. The van der Waals surface area contributed by atoms with Gasteiger partial charge in [0, 0.05) is 22.4 Å². The van der Waals surface area contributed by atoms with E-state index in [0.717, 1.165) is 16.7 Å². The zero-order valence-electron chi connectivity index (χ0n) is 12.1. The highest BCUT2D eigenvalue weighted by atomic mass is 19.1. The molecule has 108 valence electrons. The molecule has 0 aliphatic rings. The SMILES string of the molecule is C=Cc1c(N)cc(-c2c(C)cccc2F)cc1/C=N\OC. The van der Waals surface area contributed by atoms with Crippen molar-refractivity contribution in [3.8, 4) is 11.1 Å². The first-order valence-electron chi connectivity index (χ1n) is 6.46. The van der Waals surface area contributed by atoms with Crippen molar-refractivity contribution in [2.45, 2.75) is 6.92 Å². The molecule has 0 fully saturated rings. The molecule has 0 radical (unpaired) electrons. The van der Waals surface area contributed by atoms with E-state index in [2.05, 4.69) is 11.7 Å². The average molecular weight is 284 g/mol. The maximum absolute atomic E-state index is 14.1. The molecule has 0 saturated carbocycles. The Morgan fingerprint density at radius 1 is 1.33 bits per heavy atom. The molecule has 4 heteroatoms. The van der Waals surface area contributed by atoms with Gasteiger partial charge in [0.15, 0.2) is 0 Å². The van der Waals surface area contributed by atoms with Gasteiger partial charge in [-0.1, -0.05) is 29.9 Å². The number of aryl methyl sites for hydroxylation is 1. The van der Waals surface area contributed by atoms with Crippen molar-refractivity contribution in [2.24, 2.45) is 5.16 Å². The molecule has 0 spiro atoms. The van der Waals surface area contributed by atoms with Gasteiger partial charge >= 0.3 is 0 Å². The van der Waals surface area contributed by atoms with Gasteiger partial charge in [0.1, 0.15) is 12.9 Å². The van der Waals surface area contributed by atoms with Crippen molar-refractivity contribution in [3.63, 3.8) is 0 Å². The Balaban J connectivity index is 2.68. The largest absolute Gasteiger partial charge is 0.399 e. The fraction of sp³-hybridized carbons (Fsp3) is 0.118. The van der Waals surface area contributed by atoms with E-state index >= 15 is 0 Å². The minimum absolute atomic E-state index is 0.282. The summed E-state index contributed by atoms with van der Waals surface area (Å²) >= 11 is 0. The van der Waals surface area contributed by atoms with Gasteiger partial charge in [-0.2, -0.15) is 0 Å². The average Bonchev–Trinajstić information content (AvgIpc) is 2.44. The first-order chi connectivity index (χ1) is 10.1. The zero-order chi connectivity index (χ0) is 15.4. The van der Waals surface area contributed by atoms with Crippen LogP contribution in [0.3, 0.4) is 0 Å². The van der Waals surface area contributed by atoms with Crippen molar-refractivity contribution in [1.29, 1.82) is 0 Å². The fourth-order valence-electron chi connectivity index (χ4n) is 2.29. The van der Waals surface area contributed by atoms with Crippen molar-refractivity contribution in [1.82, 2.24) is 0 Å². The Morgan fingerprint density at radius 2 is 2.10 bits per heavy atom. The predicted octanol–water partition coefficient (Wildman–Crippen LogP) is 4.01. The van der Waals surface area contributed by atoms with Crippen molar-refractivity contribution >= 4 is 18.0 Å². The minimum Gasteiger partial charge on any atom is -0.399 e. The molecule has 21 heavy (non-hydrogen) atoms. The molecule has 0 saturated heterocycles. The lowest BCUT2D eigenvalue weighted by Gasteiger charge is -2.12. The Morgan fingerprint density at radius 3 is 2.71 bits per heavy atom. The number of hydrogen-bond acceptors (Lipinski definition) is 3. The van der Waals surface area contributed by atoms with Gasteiger partial charge in [0.2, 0.25) is 0 Å². The second kappa shape index (κ2) is 6.22. The third-order valence-electron chi connectivity index (χ3n) is 3.26. The lowest BCUT2D eigenvalue weighted by Crippen LogP contribution is -1.98. The number of nitrogens with two attached hydrogens (primary N) is 1. The standard InChI is InChI=1S/C17H17FN2O/c1-4-14-13(10-20-21-3)8-12(9-16(14)19)17-11(2)6-5-7-15(17)18/h4-10H,1,19H2,2-3H3/b20-10-. The summed E-state index contributed by atoms with van der Waals surface area (Å²) in [5.74, 6) is -0.282. The van der Waals surface area contributed by atoms with Crippen LogP contribution in [0.5, 0.6) is 0 Å². The first-order valence-corrected chi connectivity index (χ1v) is 6.46. The summed E-state index contributed by atoms with van der Waals surface area (Å²) in [5.41, 5.74) is 10.1. The summed E-state index contributed by atoms with van der Waals surface area (Å²) in [4.78, 5) is 4.70. The summed E-state index contributed by atoms with van der Waals surface area (Å²) in [5, 5.41) is 3.75. The molecule has 2 N–H and O–H groups in total. The van der Waals surface area contributed by atoms with Crippen LogP contribution in [0, 0.1) is 12.7 Å². The van der Waals surface area contributed by atoms with Crippen LogP contribution in [-0.4, -0.2) is 13.3 Å². The van der Waals surface area contributed by atoms with E-state index in [1.165, 1.54) is 19.4 Å². The number of oxime groups is 1. The van der Waals surface area contributed by atoms with E-state index in [9.17, 15) is 4.39 Å². The monoisotopic (exact) mass is 284 g/mol. The Bertz CT molecular complexity index is 688. The maximum Gasteiger partial charge on any atom is 0.131 e. The summed E-state index contributed by atoms with van der Waals surface area (Å²) < 4.78 is 14.1. The molecular formula is C17H17FN2O. The van der Waals surface area contributed by atoms with E-state index in [4.69, 9.17) is 10.6 Å². The number of hydrogen-bond donors (Lipinski definition) is 1. The van der Waals surface area contributed by atoms with E-state index in [0.29, 0.717) is 16.8 Å². The lowest BCUT2D eigenvalue weighted by molar-refractivity contribution is 0.215. The Kier molecular flexibility index (Phi) is 4.38. The fourth-order valence-corrected chi connectivity index (χ4v) is 2.29. The number of nitrogens with zero attached hydrogens (tertiary/aromatic N) is 1. The van der Waals surface area contributed by atoms with Crippen LogP contribution >= 0.6 is 0 Å². The summed E-state index contributed by atoms with van der Waals surface area (Å²) in [6.07, 6.45) is 3.18. The summed E-state index contributed by atoms with van der Waals surface area (Å²) in [6, 6.07) is 8.54. The van der Waals surface area contributed by atoms with Crippen LogP contribution in [-0.2, 0) is 4.84 Å². The van der Waals surface area contributed by atoms with Gasteiger partial charge in [-0.05, 0) is 36.2 Å². The molecule has 2 rings (SSSR count). The van der Waals surface area contributed by atoms with Crippen LogP contribution in [0.2, 0.25) is 0 Å². The third kappa shape index (κ3) is 2.94. The highest BCUT2D eigenvalue weighted by Crippen LogP contribution is 2.31. The van der Waals surface area contributed by atoms with Crippen LogP contribution < -0.4 is 5.73 Å². The molecule has 0 heterocycles. The van der Waals surface area contributed by atoms with Crippen LogP contribution in [0.4, 0.5) is 10.1 Å². The maximum atomic E-state index is 14.1. The molecule has 0 atom stereocenters. The molecule has 2 aromatic carbocycles. The van der Waals surface area contributed by atoms with E-state index in [-0.39, 0.29) is 5.82 Å². The van der Waals surface area contributed by atoms with Crippen LogP contribution in [0.15, 0.2) is 42.1 Å². The first kappa shape index (κ1) is 14.8. The van der Waals surface area contributed by atoms with E-state index < -0.39 is 0 Å². The van der Waals surface area contributed by atoms with Crippen molar-refractivity contribution < 1.29 is 9.23 Å². The number of benzene rings is 2. The lowest BCUT2D eigenvalue weighted by atomic mass is 9.95. The molecule has 0 bridgehead atoms. The predicted molar refractivity (Wildman–Crippen MR) is 85.7 cm³/mol. The van der Waals surface area contributed by atoms with Crippen molar-refractivity contribution in [2.75, 3.05) is 12.8 Å². The number of nitrogen functional groups attached to an aromatic ring is 1. The number of anilines is 1. The number of rotatable bonds is 4. The molecule has 2 aromatic rings. The van der Waals surface area contributed by atoms with Gasteiger partial charge in [0.05, 0.1) is 6.21 Å². The van der Waals surface area contributed by atoms with Crippen LogP contribution in [0.25, 0.3) is 17.2 Å². The van der Waals surface area contributed by atoms with Gasteiger partial charge in [-0.15, -0.1) is 0 Å². The summed E-state index contributed by atoms with van der Waals surface area (Å²) in [7, 11) is 1.46. The molecule has 3 nitrogen and oxygen atoms in total. The Labute approximate surface area is 123 Å². The second-order valence-electron chi connectivity index (χ2n) is 4.62. The highest BCUT2D eigenvalue weighted by molar-refractivity contribution is 5.92. The molecule has 0 amide bonds. The van der Waals surface area contributed by atoms with Gasteiger partial charge in [0.25, 0.3) is 0 Å². The molecule has 0 aromatic heterocycles. The second-order valence-corrected chi connectivity index (χ2v) is 4.62. The molecule has 0 unspecified atom stereocenters. The molecule has 0 aliphatic heterocycles. The van der Waals surface area contributed by atoms with Crippen molar-refractivity contribution in [3.05, 3.63) is 59.4 Å². The third-order valence-corrected chi connectivity index (χ3v) is 3.26. The number of halogens is 1. The van der Waals surface area contributed by atoms with Crippen LogP contribution in [0.1, 0.15) is 16.7 Å².